The molecular weight excluding hydrogens is 160 g/mol. The smallest absolute Gasteiger partial charge is 0.120 e. The third-order valence-electron chi connectivity index (χ3n) is 1.87. The van der Waals surface area contributed by atoms with Gasteiger partial charge in [0.2, 0.25) is 0 Å². The van der Waals surface area contributed by atoms with Gasteiger partial charge in [-0.2, -0.15) is 0 Å². The summed E-state index contributed by atoms with van der Waals surface area (Å²) in [4.78, 5) is 10.1. The lowest BCUT2D eigenvalue weighted by Gasteiger charge is -1.97. The molecule has 1 nitrogen and oxygen atoms in total. The SMILES string of the molecule is CC(C)=CCC/C(C)=C\CCC=O. The molecule has 0 heterocycles. The van der Waals surface area contributed by atoms with Crippen LogP contribution in [0.3, 0.4) is 0 Å². The summed E-state index contributed by atoms with van der Waals surface area (Å²) in [5.41, 5.74) is 2.76. The molecule has 0 aromatic carbocycles. The minimum atomic E-state index is 0.653. The fourth-order valence-corrected chi connectivity index (χ4v) is 1.09. The Morgan fingerprint density at radius 2 is 1.69 bits per heavy atom. The molecule has 0 N–H and O–H groups in total. The van der Waals surface area contributed by atoms with Gasteiger partial charge in [-0.15, -0.1) is 0 Å². The van der Waals surface area contributed by atoms with Crippen molar-refractivity contribution < 1.29 is 4.79 Å². The van der Waals surface area contributed by atoms with Gasteiger partial charge in [0.05, 0.1) is 0 Å². The molecule has 0 aromatic rings. The monoisotopic (exact) mass is 180 g/mol. The van der Waals surface area contributed by atoms with E-state index in [-0.39, 0.29) is 0 Å². The molecule has 0 saturated heterocycles. The van der Waals surface area contributed by atoms with E-state index in [0.29, 0.717) is 6.42 Å². The number of allylic oxidation sites excluding steroid dienone is 4. The lowest BCUT2D eigenvalue weighted by atomic mass is 10.1. The van der Waals surface area contributed by atoms with E-state index >= 15 is 0 Å². The standard InChI is InChI=1S/C12H20O/c1-11(2)7-6-9-12(3)8-4-5-10-13/h7-8,10H,4-6,9H2,1-3H3/b12-8-. The van der Waals surface area contributed by atoms with E-state index in [2.05, 4.69) is 32.9 Å². The number of hydrogen-bond donors (Lipinski definition) is 0. The van der Waals surface area contributed by atoms with E-state index < -0.39 is 0 Å². The molecule has 0 fully saturated rings. The first-order valence-electron chi connectivity index (χ1n) is 4.89. The summed E-state index contributed by atoms with van der Waals surface area (Å²) in [7, 11) is 0. The van der Waals surface area contributed by atoms with Crippen molar-refractivity contribution >= 4 is 6.29 Å². The molecular formula is C12H20O. The molecule has 1 heteroatoms. The zero-order valence-electron chi connectivity index (χ0n) is 8.97. The Kier molecular flexibility index (Phi) is 7.27. The summed E-state index contributed by atoms with van der Waals surface area (Å²) >= 11 is 0. The molecule has 0 bridgehead atoms. The van der Waals surface area contributed by atoms with Crippen molar-refractivity contribution in [3.63, 3.8) is 0 Å². The maximum Gasteiger partial charge on any atom is 0.120 e. The quantitative estimate of drug-likeness (QED) is 0.346. The predicted molar refractivity (Wildman–Crippen MR) is 57.7 cm³/mol. The minimum absolute atomic E-state index is 0.653. The molecule has 0 unspecified atom stereocenters. The first kappa shape index (κ1) is 12.2. The average molecular weight is 180 g/mol. The Hall–Kier alpha value is -0.850. The Labute approximate surface area is 81.5 Å². The van der Waals surface area contributed by atoms with Crippen LogP contribution in [0.5, 0.6) is 0 Å². The van der Waals surface area contributed by atoms with Crippen molar-refractivity contribution in [2.75, 3.05) is 0 Å². The molecule has 0 aliphatic rings. The fourth-order valence-electron chi connectivity index (χ4n) is 1.09. The second kappa shape index (κ2) is 7.78. The van der Waals surface area contributed by atoms with E-state index in [1.807, 2.05) is 0 Å². The zero-order chi connectivity index (χ0) is 10.1. The van der Waals surface area contributed by atoms with Crippen LogP contribution in [0.2, 0.25) is 0 Å². The Bertz CT molecular complexity index is 195. The molecule has 0 atom stereocenters. The van der Waals surface area contributed by atoms with Gasteiger partial charge in [-0.05, 0) is 40.0 Å². The lowest BCUT2D eigenvalue weighted by Crippen LogP contribution is -1.79. The van der Waals surface area contributed by atoms with Gasteiger partial charge in [-0.1, -0.05) is 23.3 Å². The lowest BCUT2D eigenvalue weighted by molar-refractivity contribution is -0.107. The summed E-state index contributed by atoms with van der Waals surface area (Å²) in [5, 5.41) is 0. The largest absolute Gasteiger partial charge is 0.303 e. The second-order valence-electron chi connectivity index (χ2n) is 3.61. The maximum atomic E-state index is 10.1. The average Bonchev–Trinajstić information content (AvgIpc) is 2.04. The van der Waals surface area contributed by atoms with Crippen LogP contribution in [0.25, 0.3) is 0 Å². The van der Waals surface area contributed by atoms with Crippen LogP contribution in [0.15, 0.2) is 23.3 Å². The van der Waals surface area contributed by atoms with Crippen molar-refractivity contribution in [3.05, 3.63) is 23.3 Å². The molecule has 0 radical (unpaired) electrons. The molecule has 0 aliphatic heterocycles. The van der Waals surface area contributed by atoms with Gasteiger partial charge in [0, 0.05) is 6.42 Å². The highest BCUT2D eigenvalue weighted by Gasteiger charge is 1.88. The van der Waals surface area contributed by atoms with Crippen LogP contribution in [0.1, 0.15) is 46.5 Å². The van der Waals surface area contributed by atoms with E-state index in [4.69, 9.17) is 0 Å². The highest BCUT2D eigenvalue weighted by Crippen LogP contribution is 2.07. The molecule has 0 rings (SSSR count). The topological polar surface area (TPSA) is 17.1 Å². The third-order valence-corrected chi connectivity index (χ3v) is 1.87. The Morgan fingerprint density at radius 1 is 1.00 bits per heavy atom. The zero-order valence-corrected chi connectivity index (χ0v) is 8.97. The molecule has 13 heavy (non-hydrogen) atoms. The van der Waals surface area contributed by atoms with Crippen molar-refractivity contribution in [1.29, 1.82) is 0 Å². The third kappa shape index (κ3) is 9.06. The van der Waals surface area contributed by atoms with Crippen LogP contribution >= 0.6 is 0 Å². The van der Waals surface area contributed by atoms with Gasteiger partial charge in [0.25, 0.3) is 0 Å². The first-order valence-corrected chi connectivity index (χ1v) is 4.89. The van der Waals surface area contributed by atoms with E-state index in [1.54, 1.807) is 0 Å². The highest BCUT2D eigenvalue weighted by atomic mass is 16.1. The summed E-state index contributed by atoms with van der Waals surface area (Å²) in [6.45, 7) is 6.36. The number of hydrogen-bond acceptors (Lipinski definition) is 1. The molecule has 74 valence electrons. The van der Waals surface area contributed by atoms with Crippen molar-refractivity contribution in [3.8, 4) is 0 Å². The summed E-state index contributed by atoms with van der Waals surface area (Å²) < 4.78 is 0. The number of carbonyl (C=O) groups excluding carboxylic acids is 1. The molecule has 0 spiro atoms. The van der Waals surface area contributed by atoms with Crippen molar-refractivity contribution in [1.82, 2.24) is 0 Å². The Balaban J connectivity index is 3.60. The molecule has 0 aliphatic carbocycles. The fraction of sp³-hybridized carbons (Fsp3) is 0.583. The molecule has 0 aromatic heterocycles. The summed E-state index contributed by atoms with van der Waals surface area (Å²) in [6, 6.07) is 0. The van der Waals surface area contributed by atoms with Gasteiger partial charge in [0.1, 0.15) is 6.29 Å². The van der Waals surface area contributed by atoms with Gasteiger partial charge < -0.3 is 4.79 Å². The first-order chi connectivity index (χ1) is 6.16. The van der Waals surface area contributed by atoms with Crippen LogP contribution in [0.4, 0.5) is 0 Å². The number of rotatable bonds is 6. The van der Waals surface area contributed by atoms with Gasteiger partial charge in [-0.3, -0.25) is 0 Å². The van der Waals surface area contributed by atoms with Gasteiger partial charge >= 0.3 is 0 Å². The van der Waals surface area contributed by atoms with Crippen LogP contribution in [0, 0.1) is 0 Å². The second-order valence-corrected chi connectivity index (χ2v) is 3.61. The van der Waals surface area contributed by atoms with Gasteiger partial charge in [0.15, 0.2) is 0 Å². The summed E-state index contributed by atoms with van der Waals surface area (Å²) in [5.74, 6) is 0. The van der Waals surface area contributed by atoms with E-state index in [9.17, 15) is 4.79 Å². The highest BCUT2D eigenvalue weighted by molar-refractivity contribution is 5.49. The normalized spacial score (nSPS) is 11.2. The van der Waals surface area contributed by atoms with E-state index in [0.717, 1.165) is 25.5 Å². The molecule has 0 amide bonds. The maximum absolute atomic E-state index is 10.1. The molecule has 0 saturated carbocycles. The number of aldehydes is 1. The van der Waals surface area contributed by atoms with Crippen molar-refractivity contribution in [2.24, 2.45) is 0 Å². The number of carbonyl (C=O) groups is 1. The minimum Gasteiger partial charge on any atom is -0.303 e. The number of unbranched alkanes of at least 4 members (excludes halogenated alkanes) is 1. The van der Waals surface area contributed by atoms with Crippen LogP contribution in [-0.2, 0) is 4.79 Å². The van der Waals surface area contributed by atoms with Crippen LogP contribution < -0.4 is 0 Å². The van der Waals surface area contributed by atoms with E-state index in [1.165, 1.54) is 11.1 Å². The van der Waals surface area contributed by atoms with Crippen LogP contribution in [-0.4, -0.2) is 6.29 Å². The van der Waals surface area contributed by atoms with Crippen molar-refractivity contribution in [2.45, 2.75) is 46.5 Å². The Morgan fingerprint density at radius 3 is 2.23 bits per heavy atom. The summed E-state index contributed by atoms with van der Waals surface area (Å²) in [6.07, 6.45) is 9.16. The van der Waals surface area contributed by atoms with Gasteiger partial charge in [-0.25, -0.2) is 0 Å². The predicted octanol–water partition coefficient (Wildman–Crippen LogP) is 3.66.